The van der Waals surface area contributed by atoms with Gasteiger partial charge in [-0.05, 0) is 24.6 Å². The highest BCUT2D eigenvalue weighted by molar-refractivity contribution is 7.89. The van der Waals surface area contributed by atoms with E-state index in [0.29, 0.717) is 0 Å². The summed E-state index contributed by atoms with van der Waals surface area (Å²) in [5, 5.41) is 4.99. The zero-order valence-electron chi connectivity index (χ0n) is 7.44. The Morgan fingerprint density at radius 1 is 1.36 bits per heavy atom. The second-order valence-electron chi connectivity index (χ2n) is 2.70. The molecule has 0 aliphatic rings. The van der Waals surface area contributed by atoms with Crippen molar-refractivity contribution in [1.82, 2.24) is 0 Å². The van der Waals surface area contributed by atoms with Gasteiger partial charge in [0.1, 0.15) is 10.6 Å². The molecular weight excluding hydrogens is 202 g/mol. The number of ether oxygens (including phenoxy) is 1. The summed E-state index contributed by atoms with van der Waals surface area (Å²) >= 11 is 0. The van der Waals surface area contributed by atoms with Crippen LogP contribution in [0.4, 0.5) is 0 Å². The van der Waals surface area contributed by atoms with E-state index < -0.39 is 10.0 Å². The third kappa shape index (κ3) is 2.71. The van der Waals surface area contributed by atoms with Crippen molar-refractivity contribution in [3.63, 3.8) is 0 Å². The molecule has 0 aliphatic carbocycles. The standard InChI is InChI=1S/C8H11NO3S.CH4/c1-6-3-4-7(12-2)8(5-6)13(9,10)11;/h3-5H,1-2H3,(H2,9,10,11);1H4. The van der Waals surface area contributed by atoms with Gasteiger partial charge in [-0.2, -0.15) is 0 Å². The highest BCUT2D eigenvalue weighted by Gasteiger charge is 2.14. The Kier molecular flexibility index (Phi) is 4.09. The number of primary sulfonamides is 1. The molecule has 5 heteroatoms. The van der Waals surface area contributed by atoms with Gasteiger partial charge in [0.15, 0.2) is 0 Å². The Hall–Kier alpha value is -1.07. The van der Waals surface area contributed by atoms with Crippen molar-refractivity contribution in [2.75, 3.05) is 7.11 Å². The van der Waals surface area contributed by atoms with Gasteiger partial charge < -0.3 is 4.74 Å². The van der Waals surface area contributed by atoms with E-state index in [2.05, 4.69) is 0 Å². The number of hydrogen-bond donors (Lipinski definition) is 1. The van der Waals surface area contributed by atoms with E-state index in [1.165, 1.54) is 13.2 Å². The van der Waals surface area contributed by atoms with Crippen LogP contribution in [0.3, 0.4) is 0 Å². The number of sulfonamides is 1. The molecule has 4 nitrogen and oxygen atoms in total. The van der Waals surface area contributed by atoms with Crippen LogP contribution in [0, 0.1) is 6.92 Å². The molecule has 1 aromatic rings. The van der Waals surface area contributed by atoms with E-state index in [-0.39, 0.29) is 18.1 Å². The Morgan fingerprint density at radius 3 is 2.36 bits per heavy atom. The van der Waals surface area contributed by atoms with Crippen LogP contribution in [-0.4, -0.2) is 15.5 Å². The monoisotopic (exact) mass is 217 g/mol. The summed E-state index contributed by atoms with van der Waals surface area (Å²) in [6, 6.07) is 4.82. The SMILES string of the molecule is C.COc1ccc(C)cc1S(N)(=O)=O. The smallest absolute Gasteiger partial charge is 0.241 e. The summed E-state index contributed by atoms with van der Waals surface area (Å²) in [5.41, 5.74) is 0.824. The average molecular weight is 217 g/mol. The van der Waals surface area contributed by atoms with Gasteiger partial charge in [-0.25, -0.2) is 13.6 Å². The van der Waals surface area contributed by atoms with Crippen molar-refractivity contribution in [3.05, 3.63) is 23.8 Å². The topological polar surface area (TPSA) is 69.4 Å². The fraction of sp³-hybridized carbons (Fsp3) is 0.333. The molecule has 1 rings (SSSR count). The lowest BCUT2D eigenvalue weighted by atomic mass is 10.2. The molecule has 1 aromatic carbocycles. The first kappa shape index (κ1) is 12.9. The number of rotatable bonds is 2. The second kappa shape index (κ2) is 4.43. The molecule has 0 fully saturated rings. The van der Waals surface area contributed by atoms with Gasteiger partial charge in [0, 0.05) is 0 Å². The van der Waals surface area contributed by atoms with Crippen molar-refractivity contribution in [3.8, 4) is 5.75 Å². The van der Waals surface area contributed by atoms with Gasteiger partial charge in [0.2, 0.25) is 10.0 Å². The van der Waals surface area contributed by atoms with Crippen LogP contribution in [0.2, 0.25) is 0 Å². The van der Waals surface area contributed by atoms with E-state index in [4.69, 9.17) is 9.88 Å². The van der Waals surface area contributed by atoms with Crippen LogP contribution < -0.4 is 9.88 Å². The molecule has 0 radical (unpaired) electrons. The van der Waals surface area contributed by atoms with Crippen molar-refractivity contribution in [1.29, 1.82) is 0 Å². The maximum Gasteiger partial charge on any atom is 0.241 e. The Labute approximate surface area is 84.7 Å². The van der Waals surface area contributed by atoms with Gasteiger partial charge in [-0.3, -0.25) is 0 Å². The minimum atomic E-state index is -3.69. The van der Waals surface area contributed by atoms with Crippen LogP contribution in [0.15, 0.2) is 23.1 Å². The number of methoxy groups -OCH3 is 1. The highest BCUT2D eigenvalue weighted by atomic mass is 32.2. The minimum absolute atomic E-state index is 0. The summed E-state index contributed by atoms with van der Waals surface area (Å²) < 4.78 is 27.0. The van der Waals surface area contributed by atoms with Gasteiger partial charge in [-0.1, -0.05) is 13.5 Å². The van der Waals surface area contributed by atoms with E-state index >= 15 is 0 Å². The van der Waals surface area contributed by atoms with Crippen molar-refractivity contribution in [2.24, 2.45) is 5.14 Å². The zero-order valence-corrected chi connectivity index (χ0v) is 8.26. The fourth-order valence-corrected chi connectivity index (χ4v) is 1.79. The second-order valence-corrected chi connectivity index (χ2v) is 4.23. The molecule has 0 heterocycles. The number of nitrogens with two attached hydrogens (primary N) is 1. The van der Waals surface area contributed by atoms with E-state index in [1.807, 2.05) is 0 Å². The first-order chi connectivity index (χ1) is 5.95. The third-order valence-corrected chi connectivity index (χ3v) is 2.56. The molecule has 14 heavy (non-hydrogen) atoms. The molecule has 0 bridgehead atoms. The van der Waals surface area contributed by atoms with Gasteiger partial charge >= 0.3 is 0 Å². The predicted octanol–water partition coefficient (Wildman–Crippen LogP) is 1.29. The summed E-state index contributed by atoms with van der Waals surface area (Å²) in [5.74, 6) is 0.271. The summed E-state index contributed by atoms with van der Waals surface area (Å²) in [4.78, 5) is 0.0231. The van der Waals surface area contributed by atoms with E-state index in [1.54, 1.807) is 19.1 Å². The number of benzene rings is 1. The average Bonchev–Trinajstić information content (AvgIpc) is 2.03. The first-order valence-electron chi connectivity index (χ1n) is 3.62. The zero-order chi connectivity index (χ0) is 10.1. The lowest BCUT2D eigenvalue weighted by molar-refractivity contribution is 0.402. The third-order valence-electron chi connectivity index (χ3n) is 1.63. The quantitative estimate of drug-likeness (QED) is 0.811. The maximum atomic E-state index is 11.1. The molecule has 0 saturated carbocycles. The summed E-state index contributed by atoms with van der Waals surface area (Å²) in [6.07, 6.45) is 0. The van der Waals surface area contributed by atoms with Crippen LogP contribution in [-0.2, 0) is 10.0 Å². The number of hydrogen-bond acceptors (Lipinski definition) is 3. The van der Waals surface area contributed by atoms with Crippen LogP contribution in [0.25, 0.3) is 0 Å². The van der Waals surface area contributed by atoms with Gasteiger partial charge in [0.05, 0.1) is 7.11 Å². The molecule has 0 unspecified atom stereocenters. The molecule has 0 aromatic heterocycles. The molecule has 80 valence electrons. The van der Waals surface area contributed by atoms with Crippen molar-refractivity contribution >= 4 is 10.0 Å². The van der Waals surface area contributed by atoms with Crippen LogP contribution in [0.1, 0.15) is 13.0 Å². The van der Waals surface area contributed by atoms with Crippen LogP contribution in [0.5, 0.6) is 5.75 Å². The Bertz CT molecular complexity index is 412. The largest absolute Gasteiger partial charge is 0.495 e. The molecule has 0 saturated heterocycles. The normalized spacial score (nSPS) is 10.5. The fourth-order valence-electron chi connectivity index (χ4n) is 1.01. The van der Waals surface area contributed by atoms with Crippen molar-refractivity contribution in [2.45, 2.75) is 19.2 Å². The Balaban J connectivity index is 0.00000169. The van der Waals surface area contributed by atoms with Gasteiger partial charge in [-0.15, -0.1) is 0 Å². The van der Waals surface area contributed by atoms with Crippen LogP contribution >= 0.6 is 0 Å². The summed E-state index contributed by atoms with van der Waals surface area (Å²) in [6.45, 7) is 1.79. The molecule has 0 aliphatic heterocycles. The molecule has 0 atom stereocenters. The van der Waals surface area contributed by atoms with E-state index in [0.717, 1.165) is 5.56 Å². The summed E-state index contributed by atoms with van der Waals surface area (Å²) in [7, 11) is -2.29. The molecule has 0 spiro atoms. The van der Waals surface area contributed by atoms with E-state index in [9.17, 15) is 8.42 Å². The molecular formula is C9H15NO3S. The maximum absolute atomic E-state index is 11.1. The lowest BCUT2D eigenvalue weighted by Crippen LogP contribution is -2.13. The Morgan fingerprint density at radius 2 is 1.93 bits per heavy atom. The molecule has 0 amide bonds. The first-order valence-corrected chi connectivity index (χ1v) is 5.17. The van der Waals surface area contributed by atoms with Crippen molar-refractivity contribution < 1.29 is 13.2 Å². The lowest BCUT2D eigenvalue weighted by Gasteiger charge is -2.06. The predicted molar refractivity (Wildman–Crippen MR) is 55.8 cm³/mol. The van der Waals surface area contributed by atoms with Gasteiger partial charge in [0.25, 0.3) is 0 Å². The molecule has 2 N–H and O–H groups in total. The highest BCUT2D eigenvalue weighted by Crippen LogP contribution is 2.22. The minimum Gasteiger partial charge on any atom is -0.495 e. The number of aryl methyl sites for hydroxylation is 1.